The maximum atomic E-state index is 13.0. The van der Waals surface area contributed by atoms with Crippen LogP contribution in [0.2, 0.25) is 0 Å². The average molecular weight is 315 g/mol. The standard InChI is InChI=1S/C15H20F3N3O/c1-9(2)8-20-14(19)21-13(22)10(3)11-6-4-5-7-12(11)15(16,17)18/h4-7,9-10H,8H2,1-3H3,(H3,19,20,21,22). The molecule has 0 radical (unpaired) electrons. The van der Waals surface area contributed by atoms with Gasteiger partial charge in [0.1, 0.15) is 0 Å². The Labute approximate surface area is 127 Å². The van der Waals surface area contributed by atoms with Crippen LogP contribution in [0.4, 0.5) is 13.2 Å². The molecule has 0 aliphatic heterocycles. The Morgan fingerprint density at radius 1 is 1.23 bits per heavy atom. The van der Waals surface area contributed by atoms with E-state index in [2.05, 4.69) is 10.6 Å². The average Bonchev–Trinajstić information content (AvgIpc) is 2.43. The first-order valence-corrected chi connectivity index (χ1v) is 6.92. The first-order valence-electron chi connectivity index (χ1n) is 6.92. The van der Waals surface area contributed by atoms with Gasteiger partial charge in [-0.3, -0.25) is 15.5 Å². The lowest BCUT2D eigenvalue weighted by molar-refractivity contribution is -0.138. The SMILES string of the molecule is CC(C)CNC(=N)NC(=O)C(C)c1ccccc1C(F)(F)F. The molecule has 0 heterocycles. The quantitative estimate of drug-likeness (QED) is 0.590. The minimum Gasteiger partial charge on any atom is -0.356 e. The number of guanidine groups is 1. The minimum atomic E-state index is -4.52. The van der Waals surface area contributed by atoms with Crippen molar-refractivity contribution in [2.45, 2.75) is 32.9 Å². The van der Waals surface area contributed by atoms with Crippen LogP contribution in [0.5, 0.6) is 0 Å². The summed E-state index contributed by atoms with van der Waals surface area (Å²) in [6, 6.07) is 4.96. The van der Waals surface area contributed by atoms with Crippen molar-refractivity contribution in [1.29, 1.82) is 5.41 Å². The third-order valence-corrected chi connectivity index (χ3v) is 3.06. The Bertz CT molecular complexity index is 541. The van der Waals surface area contributed by atoms with Gasteiger partial charge in [0.2, 0.25) is 5.91 Å². The van der Waals surface area contributed by atoms with E-state index >= 15 is 0 Å². The molecule has 1 unspecified atom stereocenters. The van der Waals surface area contributed by atoms with E-state index in [1.54, 1.807) is 0 Å². The number of rotatable bonds is 4. The predicted molar refractivity (Wildman–Crippen MR) is 78.6 cm³/mol. The highest BCUT2D eigenvalue weighted by Gasteiger charge is 2.35. The molecule has 0 aliphatic rings. The minimum absolute atomic E-state index is 0.107. The van der Waals surface area contributed by atoms with Crippen molar-refractivity contribution in [1.82, 2.24) is 10.6 Å². The van der Waals surface area contributed by atoms with E-state index in [1.807, 2.05) is 13.8 Å². The molecule has 0 spiro atoms. The summed E-state index contributed by atoms with van der Waals surface area (Å²) >= 11 is 0. The molecule has 0 aromatic heterocycles. The van der Waals surface area contributed by atoms with Crippen LogP contribution in [0, 0.1) is 11.3 Å². The molecule has 22 heavy (non-hydrogen) atoms. The maximum Gasteiger partial charge on any atom is 0.416 e. The third-order valence-electron chi connectivity index (χ3n) is 3.06. The molecule has 3 N–H and O–H groups in total. The molecular formula is C15H20F3N3O. The summed E-state index contributed by atoms with van der Waals surface area (Å²) in [7, 11) is 0. The number of benzene rings is 1. The smallest absolute Gasteiger partial charge is 0.356 e. The van der Waals surface area contributed by atoms with Gasteiger partial charge in [-0.05, 0) is 24.5 Å². The van der Waals surface area contributed by atoms with Crippen LogP contribution in [0.1, 0.15) is 37.8 Å². The number of amides is 1. The van der Waals surface area contributed by atoms with E-state index in [4.69, 9.17) is 5.41 Å². The lowest BCUT2D eigenvalue weighted by Crippen LogP contribution is -2.43. The van der Waals surface area contributed by atoms with Crippen LogP contribution in [0.3, 0.4) is 0 Å². The molecule has 1 atom stereocenters. The van der Waals surface area contributed by atoms with E-state index < -0.39 is 23.6 Å². The van der Waals surface area contributed by atoms with Crippen LogP contribution < -0.4 is 10.6 Å². The predicted octanol–water partition coefficient (Wildman–Crippen LogP) is 3.11. The summed E-state index contributed by atoms with van der Waals surface area (Å²) in [6.45, 7) is 5.75. The Hall–Kier alpha value is -2.05. The molecule has 4 nitrogen and oxygen atoms in total. The number of hydrogen-bond acceptors (Lipinski definition) is 2. The molecule has 1 aromatic rings. The zero-order valence-corrected chi connectivity index (χ0v) is 12.7. The Balaban J connectivity index is 2.82. The fourth-order valence-electron chi connectivity index (χ4n) is 1.86. The molecule has 0 saturated heterocycles. The molecule has 0 saturated carbocycles. The molecule has 1 aromatic carbocycles. The zero-order valence-electron chi connectivity index (χ0n) is 12.7. The first-order chi connectivity index (χ1) is 10.1. The molecule has 122 valence electrons. The zero-order chi connectivity index (χ0) is 16.9. The number of carbonyl (C=O) groups is 1. The molecule has 0 bridgehead atoms. The summed E-state index contributed by atoms with van der Waals surface area (Å²) < 4.78 is 38.9. The summed E-state index contributed by atoms with van der Waals surface area (Å²) in [5.41, 5.74) is -0.941. The van der Waals surface area contributed by atoms with Crippen LogP contribution in [-0.2, 0) is 11.0 Å². The highest BCUT2D eigenvalue weighted by Crippen LogP contribution is 2.35. The van der Waals surface area contributed by atoms with Gasteiger partial charge in [-0.15, -0.1) is 0 Å². The number of hydrogen-bond donors (Lipinski definition) is 3. The molecule has 0 aliphatic carbocycles. The summed E-state index contributed by atoms with van der Waals surface area (Å²) in [4.78, 5) is 12.0. The fraction of sp³-hybridized carbons (Fsp3) is 0.467. The maximum absolute atomic E-state index is 13.0. The van der Waals surface area contributed by atoms with Gasteiger partial charge in [0.25, 0.3) is 0 Å². The van der Waals surface area contributed by atoms with Gasteiger partial charge < -0.3 is 5.32 Å². The van der Waals surface area contributed by atoms with E-state index in [1.165, 1.54) is 25.1 Å². The van der Waals surface area contributed by atoms with Gasteiger partial charge >= 0.3 is 6.18 Å². The molecule has 1 amide bonds. The van der Waals surface area contributed by atoms with Gasteiger partial charge in [0, 0.05) is 6.54 Å². The van der Waals surface area contributed by atoms with Crippen molar-refractivity contribution >= 4 is 11.9 Å². The summed E-state index contributed by atoms with van der Waals surface area (Å²) in [6.07, 6.45) is -4.52. The molecule has 7 heteroatoms. The van der Waals surface area contributed by atoms with E-state index in [0.29, 0.717) is 6.54 Å². The van der Waals surface area contributed by atoms with Crippen LogP contribution >= 0.6 is 0 Å². The number of halogens is 3. The highest BCUT2D eigenvalue weighted by molar-refractivity contribution is 5.98. The third kappa shape index (κ3) is 5.05. The Morgan fingerprint density at radius 3 is 2.36 bits per heavy atom. The van der Waals surface area contributed by atoms with E-state index in [9.17, 15) is 18.0 Å². The summed E-state index contributed by atoms with van der Waals surface area (Å²) in [5, 5.41) is 12.6. The van der Waals surface area contributed by atoms with Gasteiger partial charge in [0.05, 0.1) is 11.5 Å². The van der Waals surface area contributed by atoms with Gasteiger partial charge in [-0.1, -0.05) is 32.0 Å². The van der Waals surface area contributed by atoms with Crippen molar-refractivity contribution < 1.29 is 18.0 Å². The Morgan fingerprint density at radius 2 is 1.82 bits per heavy atom. The van der Waals surface area contributed by atoms with Crippen LogP contribution in [-0.4, -0.2) is 18.4 Å². The number of carbonyl (C=O) groups excluding carboxylic acids is 1. The van der Waals surface area contributed by atoms with Crippen LogP contribution in [0.15, 0.2) is 24.3 Å². The highest BCUT2D eigenvalue weighted by atomic mass is 19.4. The first kappa shape index (κ1) is 18.0. The second-order valence-electron chi connectivity index (χ2n) is 5.45. The lowest BCUT2D eigenvalue weighted by atomic mass is 9.94. The molecule has 0 fully saturated rings. The molecular weight excluding hydrogens is 295 g/mol. The topological polar surface area (TPSA) is 65.0 Å². The number of nitrogens with one attached hydrogen (secondary N) is 3. The van der Waals surface area contributed by atoms with E-state index in [-0.39, 0.29) is 17.4 Å². The van der Waals surface area contributed by atoms with E-state index in [0.717, 1.165) is 6.07 Å². The largest absolute Gasteiger partial charge is 0.416 e. The van der Waals surface area contributed by atoms with Gasteiger partial charge in [-0.2, -0.15) is 13.2 Å². The molecule has 1 rings (SSSR count). The fourth-order valence-corrected chi connectivity index (χ4v) is 1.86. The monoisotopic (exact) mass is 315 g/mol. The lowest BCUT2D eigenvalue weighted by Gasteiger charge is -2.18. The van der Waals surface area contributed by atoms with Crippen LogP contribution in [0.25, 0.3) is 0 Å². The normalized spacial score (nSPS) is 12.9. The van der Waals surface area contributed by atoms with Gasteiger partial charge in [0.15, 0.2) is 5.96 Å². The van der Waals surface area contributed by atoms with Crippen molar-refractivity contribution in [3.63, 3.8) is 0 Å². The number of alkyl halides is 3. The second kappa shape index (κ2) is 7.29. The summed E-state index contributed by atoms with van der Waals surface area (Å²) in [5.74, 6) is -1.60. The van der Waals surface area contributed by atoms with Crippen molar-refractivity contribution in [3.05, 3.63) is 35.4 Å². The van der Waals surface area contributed by atoms with Crippen molar-refractivity contribution in [3.8, 4) is 0 Å². The van der Waals surface area contributed by atoms with Crippen molar-refractivity contribution in [2.24, 2.45) is 5.92 Å². The second-order valence-corrected chi connectivity index (χ2v) is 5.45. The Kier molecular flexibility index (Phi) is 5.96. The van der Waals surface area contributed by atoms with Gasteiger partial charge in [-0.25, -0.2) is 0 Å². The van der Waals surface area contributed by atoms with Crippen molar-refractivity contribution in [2.75, 3.05) is 6.54 Å².